The number of aryl methyl sites for hydroxylation is 1. The molecule has 1 aliphatic rings. The summed E-state index contributed by atoms with van der Waals surface area (Å²) in [7, 11) is 1.83. The van der Waals surface area contributed by atoms with Gasteiger partial charge in [-0.25, -0.2) is 9.37 Å². The van der Waals surface area contributed by atoms with Crippen LogP contribution in [0.25, 0.3) is 11.0 Å². The highest BCUT2D eigenvalue weighted by Crippen LogP contribution is 2.29. The number of aliphatic carboxylic acids is 1. The Bertz CT molecular complexity index is 794. The molecule has 134 valence electrons. The van der Waals surface area contributed by atoms with Crippen LogP contribution in [0.2, 0.25) is 0 Å². The van der Waals surface area contributed by atoms with Gasteiger partial charge in [0.25, 0.3) is 0 Å². The lowest BCUT2D eigenvalue weighted by molar-refractivity contribution is -0.144. The second-order valence-corrected chi connectivity index (χ2v) is 6.62. The van der Waals surface area contributed by atoms with Crippen LogP contribution in [0.3, 0.4) is 0 Å². The van der Waals surface area contributed by atoms with E-state index in [0.29, 0.717) is 44.2 Å². The molecule has 1 aromatic carbocycles. The van der Waals surface area contributed by atoms with E-state index in [9.17, 15) is 14.0 Å². The van der Waals surface area contributed by atoms with Crippen molar-refractivity contribution in [1.29, 1.82) is 0 Å². The normalized spacial score (nSPS) is 20.6. The molecule has 7 heteroatoms. The molecule has 1 aliphatic carbocycles. The third-order valence-electron chi connectivity index (χ3n) is 5.05. The van der Waals surface area contributed by atoms with Crippen molar-refractivity contribution in [2.75, 3.05) is 6.54 Å². The number of halogens is 1. The molecule has 0 unspecified atom stereocenters. The van der Waals surface area contributed by atoms with Crippen LogP contribution in [0.15, 0.2) is 18.2 Å². The first-order valence-corrected chi connectivity index (χ1v) is 8.57. The quantitative estimate of drug-likeness (QED) is 0.869. The lowest BCUT2D eigenvalue weighted by Crippen LogP contribution is -2.35. The van der Waals surface area contributed by atoms with Crippen LogP contribution >= 0.6 is 0 Å². The fourth-order valence-electron chi connectivity index (χ4n) is 3.50. The lowest BCUT2D eigenvalue weighted by atomic mass is 9.81. The van der Waals surface area contributed by atoms with E-state index in [4.69, 9.17) is 5.11 Å². The topological polar surface area (TPSA) is 84.2 Å². The number of hydrogen-bond donors (Lipinski definition) is 2. The Balaban J connectivity index is 1.53. The molecule has 1 fully saturated rings. The first-order valence-electron chi connectivity index (χ1n) is 8.57. The zero-order valence-corrected chi connectivity index (χ0v) is 14.2. The van der Waals surface area contributed by atoms with Crippen molar-refractivity contribution in [3.63, 3.8) is 0 Å². The van der Waals surface area contributed by atoms with E-state index < -0.39 is 5.97 Å². The van der Waals surface area contributed by atoms with Crippen LogP contribution in [0, 0.1) is 17.7 Å². The van der Waals surface area contributed by atoms with E-state index in [0.717, 1.165) is 11.3 Å². The number of nitrogens with zero attached hydrogens (tertiary/aromatic N) is 2. The minimum absolute atomic E-state index is 0.0335. The molecule has 1 saturated carbocycles. The van der Waals surface area contributed by atoms with Gasteiger partial charge < -0.3 is 15.0 Å². The van der Waals surface area contributed by atoms with Crippen LogP contribution in [0.5, 0.6) is 0 Å². The number of imidazole rings is 1. The highest BCUT2D eigenvalue weighted by Gasteiger charge is 2.29. The number of rotatable bonds is 5. The maximum atomic E-state index is 13.8. The summed E-state index contributed by atoms with van der Waals surface area (Å²) in [6.45, 7) is 0.427. The van der Waals surface area contributed by atoms with E-state index >= 15 is 0 Å². The van der Waals surface area contributed by atoms with Crippen LogP contribution in [-0.2, 0) is 23.1 Å². The molecule has 0 aliphatic heterocycles. The highest BCUT2D eigenvalue weighted by molar-refractivity contribution is 5.79. The standard InChI is InChI=1S/C18H22FN3O3/c1-22-14-4-2-3-13(19)16(14)21-15(22)9-10-20-17(23)11-5-7-12(8-6-11)18(24)25/h2-4,11-12H,5-10H2,1H3,(H,20,23)(H,24,25). The first kappa shape index (κ1) is 17.4. The van der Waals surface area contributed by atoms with Crippen LogP contribution in [0.1, 0.15) is 31.5 Å². The smallest absolute Gasteiger partial charge is 0.306 e. The van der Waals surface area contributed by atoms with Crippen molar-refractivity contribution in [1.82, 2.24) is 14.9 Å². The third-order valence-corrected chi connectivity index (χ3v) is 5.05. The SMILES string of the molecule is Cn1c(CCNC(=O)C2CCC(C(=O)O)CC2)nc2c(F)cccc21. The summed E-state index contributed by atoms with van der Waals surface area (Å²) in [5.74, 6) is -0.872. The maximum absolute atomic E-state index is 13.8. The van der Waals surface area contributed by atoms with Gasteiger partial charge in [0.1, 0.15) is 11.3 Å². The molecule has 1 aromatic heterocycles. The number of nitrogens with one attached hydrogen (secondary N) is 1. The Labute approximate surface area is 145 Å². The van der Waals surface area contributed by atoms with Crippen LogP contribution < -0.4 is 5.32 Å². The van der Waals surface area contributed by atoms with Crippen LogP contribution in [0.4, 0.5) is 4.39 Å². The minimum atomic E-state index is -0.770. The minimum Gasteiger partial charge on any atom is -0.481 e. The average molecular weight is 347 g/mol. The van der Waals surface area contributed by atoms with Gasteiger partial charge in [0, 0.05) is 25.9 Å². The van der Waals surface area contributed by atoms with Gasteiger partial charge in [-0.15, -0.1) is 0 Å². The summed E-state index contributed by atoms with van der Waals surface area (Å²) in [4.78, 5) is 27.5. The predicted octanol–water partition coefficient (Wildman–Crippen LogP) is 2.26. The number of carbonyl (C=O) groups is 2. The molecule has 25 heavy (non-hydrogen) atoms. The van der Waals surface area contributed by atoms with Crippen molar-refractivity contribution in [3.05, 3.63) is 29.8 Å². The van der Waals surface area contributed by atoms with Gasteiger partial charge >= 0.3 is 5.97 Å². The molecular formula is C18H22FN3O3. The number of amides is 1. The van der Waals surface area contributed by atoms with E-state index in [-0.39, 0.29) is 23.6 Å². The number of hydrogen-bond acceptors (Lipinski definition) is 3. The van der Waals surface area contributed by atoms with Crippen molar-refractivity contribution in [2.24, 2.45) is 18.9 Å². The lowest BCUT2D eigenvalue weighted by Gasteiger charge is -2.25. The van der Waals surface area contributed by atoms with Crippen molar-refractivity contribution >= 4 is 22.9 Å². The maximum Gasteiger partial charge on any atom is 0.306 e. The van der Waals surface area contributed by atoms with Gasteiger partial charge in [0.2, 0.25) is 5.91 Å². The Morgan fingerprint density at radius 3 is 2.60 bits per heavy atom. The molecule has 1 heterocycles. The molecule has 2 aromatic rings. The molecule has 0 spiro atoms. The van der Waals surface area contributed by atoms with Crippen molar-refractivity contribution in [2.45, 2.75) is 32.1 Å². The molecule has 6 nitrogen and oxygen atoms in total. The number of benzene rings is 1. The van der Waals surface area contributed by atoms with Gasteiger partial charge in [-0.3, -0.25) is 9.59 Å². The molecule has 0 saturated heterocycles. The van der Waals surface area contributed by atoms with E-state index in [2.05, 4.69) is 10.3 Å². The summed E-state index contributed by atoms with van der Waals surface area (Å²) >= 11 is 0. The Kier molecular flexibility index (Phi) is 5.01. The number of aromatic nitrogens is 2. The molecule has 0 bridgehead atoms. The van der Waals surface area contributed by atoms with E-state index in [1.165, 1.54) is 6.07 Å². The van der Waals surface area contributed by atoms with E-state index in [1.54, 1.807) is 6.07 Å². The summed E-state index contributed by atoms with van der Waals surface area (Å²) in [6.07, 6.45) is 2.84. The molecule has 2 N–H and O–H groups in total. The molecule has 0 radical (unpaired) electrons. The second kappa shape index (κ2) is 7.21. The molecule has 1 amide bonds. The fourth-order valence-corrected chi connectivity index (χ4v) is 3.50. The second-order valence-electron chi connectivity index (χ2n) is 6.62. The Morgan fingerprint density at radius 2 is 1.96 bits per heavy atom. The van der Waals surface area contributed by atoms with Crippen molar-refractivity contribution in [3.8, 4) is 0 Å². The van der Waals surface area contributed by atoms with E-state index in [1.807, 2.05) is 17.7 Å². The number of fused-ring (bicyclic) bond motifs is 1. The van der Waals surface area contributed by atoms with Gasteiger partial charge in [-0.1, -0.05) is 6.07 Å². The number of carboxylic acid groups (broad SMARTS) is 1. The number of para-hydroxylation sites is 1. The molecular weight excluding hydrogens is 325 g/mol. The zero-order valence-electron chi connectivity index (χ0n) is 14.2. The monoisotopic (exact) mass is 347 g/mol. The van der Waals surface area contributed by atoms with Gasteiger partial charge in [0.15, 0.2) is 5.82 Å². The predicted molar refractivity (Wildman–Crippen MR) is 90.5 cm³/mol. The summed E-state index contributed by atoms with van der Waals surface area (Å²) in [6, 6.07) is 4.85. The number of carboxylic acids is 1. The van der Waals surface area contributed by atoms with Gasteiger partial charge in [-0.05, 0) is 37.8 Å². The van der Waals surface area contributed by atoms with Crippen molar-refractivity contribution < 1.29 is 19.1 Å². The third kappa shape index (κ3) is 3.65. The first-order chi connectivity index (χ1) is 12.0. The number of carbonyl (C=O) groups excluding carboxylic acids is 1. The molecule has 3 rings (SSSR count). The average Bonchev–Trinajstić information content (AvgIpc) is 2.93. The summed E-state index contributed by atoms with van der Waals surface area (Å²) < 4.78 is 15.6. The molecule has 0 atom stereocenters. The Hall–Kier alpha value is -2.44. The highest BCUT2D eigenvalue weighted by atomic mass is 19.1. The zero-order chi connectivity index (χ0) is 18.0. The van der Waals surface area contributed by atoms with Gasteiger partial charge in [0.05, 0.1) is 11.4 Å². The summed E-state index contributed by atoms with van der Waals surface area (Å²) in [5.41, 5.74) is 1.08. The fraction of sp³-hybridized carbons (Fsp3) is 0.500. The summed E-state index contributed by atoms with van der Waals surface area (Å²) in [5, 5.41) is 11.9. The largest absolute Gasteiger partial charge is 0.481 e. The Morgan fingerprint density at radius 1 is 1.28 bits per heavy atom. The van der Waals surface area contributed by atoms with Crippen LogP contribution in [-0.4, -0.2) is 33.1 Å². The van der Waals surface area contributed by atoms with Gasteiger partial charge in [-0.2, -0.15) is 0 Å².